The fourth-order valence-corrected chi connectivity index (χ4v) is 2.08. The van der Waals surface area contributed by atoms with Gasteiger partial charge in [0.15, 0.2) is 11.6 Å². The van der Waals surface area contributed by atoms with Gasteiger partial charge in [0.25, 0.3) is 0 Å². The maximum absolute atomic E-state index is 13.2. The summed E-state index contributed by atoms with van der Waals surface area (Å²) in [6.07, 6.45) is 1.53. The van der Waals surface area contributed by atoms with Crippen molar-refractivity contribution in [1.82, 2.24) is 5.32 Å². The summed E-state index contributed by atoms with van der Waals surface area (Å²) in [5, 5.41) is 3.00. The molecule has 0 spiro atoms. The highest BCUT2D eigenvalue weighted by Crippen LogP contribution is 2.29. The predicted molar refractivity (Wildman–Crippen MR) is 63.7 cm³/mol. The molecule has 0 aliphatic carbocycles. The van der Waals surface area contributed by atoms with Crippen molar-refractivity contribution >= 4 is 15.9 Å². The second kappa shape index (κ2) is 4.98. The summed E-state index contributed by atoms with van der Waals surface area (Å²) >= 11 is 3.34. The standard InChI is InChI=1S/C12H10BrF2NO/c1-16-11(12-8(13)4-5-17-12)7-2-3-9(14)10(15)6-7/h2-6,11,16H,1H3. The van der Waals surface area contributed by atoms with Gasteiger partial charge in [-0.2, -0.15) is 0 Å². The van der Waals surface area contributed by atoms with Gasteiger partial charge in [-0.05, 0) is 46.7 Å². The van der Waals surface area contributed by atoms with Crippen molar-refractivity contribution in [1.29, 1.82) is 0 Å². The van der Waals surface area contributed by atoms with Gasteiger partial charge in [0, 0.05) is 0 Å². The Balaban J connectivity index is 2.42. The minimum Gasteiger partial charge on any atom is -0.466 e. The van der Waals surface area contributed by atoms with E-state index >= 15 is 0 Å². The highest BCUT2D eigenvalue weighted by molar-refractivity contribution is 9.10. The van der Waals surface area contributed by atoms with Gasteiger partial charge in [0.1, 0.15) is 5.76 Å². The molecule has 2 nitrogen and oxygen atoms in total. The lowest BCUT2D eigenvalue weighted by Gasteiger charge is -2.15. The van der Waals surface area contributed by atoms with Crippen molar-refractivity contribution in [3.8, 4) is 0 Å². The maximum atomic E-state index is 13.2. The molecule has 1 heterocycles. The second-order valence-electron chi connectivity index (χ2n) is 3.53. The third-order valence-electron chi connectivity index (χ3n) is 2.47. The Morgan fingerprint density at radius 2 is 2.00 bits per heavy atom. The van der Waals surface area contributed by atoms with Crippen molar-refractivity contribution in [3.05, 3.63) is 58.0 Å². The normalized spacial score (nSPS) is 12.7. The van der Waals surface area contributed by atoms with Gasteiger partial charge in [-0.15, -0.1) is 0 Å². The van der Waals surface area contributed by atoms with Gasteiger partial charge in [0.2, 0.25) is 0 Å². The number of furan rings is 1. The molecule has 1 unspecified atom stereocenters. The van der Waals surface area contributed by atoms with Gasteiger partial charge < -0.3 is 9.73 Å². The molecule has 5 heteroatoms. The Bertz CT molecular complexity index is 527. The molecule has 0 radical (unpaired) electrons. The van der Waals surface area contributed by atoms with Crippen LogP contribution in [0.2, 0.25) is 0 Å². The lowest BCUT2D eigenvalue weighted by molar-refractivity contribution is 0.456. The highest BCUT2D eigenvalue weighted by Gasteiger charge is 2.19. The minimum absolute atomic E-state index is 0.325. The molecule has 0 amide bonds. The molecule has 1 aromatic heterocycles. The van der Waals surface area contributed by atoms with Crippen molar-refractivity contribution in [2.24, 2.45) is 0 Å². The van der Waals surface area contributed by atoms with Crippen LogP contribution in [0.5, 0.6) is 0 Å². The van der Waals surface area contributed by atoms with Crippen LogP contribution in [0.3, 0.4) is 0 Å². The molecular formula is C12H10BrF2NO. The van der Waals surface area contributed by atoms with Crippen LogP contribution in [-0.4, -0.2) is 7.05 Å². The van der Waals surface area contributed by atoms with E-state index in [9.17, 15) is 8.78 Å². The third-order valence-corrected chi connectivity index (χ3v) is 3.13. The summed E-state index contributed by atoms with van der Waals surface area (Å²) in [7, 11) is 1.72. The van der Waals surface area contributed by atoms with E-state index in [0.29, 0.717) is 11.3 Å². The van der Waals surface area contributed by atoms with E-state index in [-0.39, 0.29) is 6.04 Å². The molecular weight excluding hydrogens is 292 g/mol. The Labute approximate surface area is 106 Å². The fourth-order valence-electron chi connectivity index (χ4n) is 1.65. The number of benzene rings is 1. The summed E-state index contributed by atoms with van der Waals surface area (Å²) in [4.78, 5) is 0. The number of hydrogen-bond acceptors (Lipinski definition) is 2. The zero-order chi connectivity index (χ0) is 12.4. The van der Waals surface area contributed by atoms with Gasteiger partial charge >= 0.3 is 0 Å². The summed E-state index contributed by atoms with van der Waals surface area (Å²) in [6, 6.07) is 5.21. The Hall–Kier alpha value is -1.20. The van der Waals surface area contributed by atoms with Crippen molar-refractivity contribution < 1.29 is 13.2 Å². The predicted octanol–water partition coefficient (Wildman–Crippen LogP) is 3.63. The van der Waals surface area contributed by atoms with Crippen LogP contribution in [0.1, 0.15) is 17.4 Å². The molecule has 0 bridgehead atoms. The molecule has 1 aromatic carbocycles. The molecule has 1 atom stereocenters. The van der Waals surface area contributed by atoms with E-state index in [1.165, 1.54) is 12.3 Å². The first-order valence-corrected chi connectivity index (χ1v) is 5.78. The van der Waals surface area contributed by atoms with E-state index in [0.717, 1.165) is 16.6 Å². The monoisotopic (exact) mass is 301 g/mol. The maximum Gasteiger partial charge on any atom is 0.159 e. The van der Waals surface area contributed by atoms with Crippen LogP contribution in [0.15, 0.2) is 39.4 Å². The van der Waals surface area contributed by atoms with Crippen molar-refractivity contribution in [3.63, 3.8) is 0 Å². The van der Waals surface area contributed by atoms with E-state index in [4.69, 9.17) is 4.42 Å². The fraction of sp³-hybridized carbons (Fsp3) is 0.167. The van der Waals surface area contributed by atoms with Crippen LogP contribution in [0.25, 0.3) is 0 Å². The van der Waals surface area contributed by atoms with Crippen LogP contribution >= 0.6 is 15.9 Å². The molecule has 1 N–H and O–H groups in total. The van der Waals surface area contributed by atoms with E-state index in [1.54, 1.807) is 13.1 Å². The van der Waals surface area contributed by atoms with Crippen molar-refractivity contribution in [2.75, 3.05) is 7.05 Å². The Morgan fingerprint density at radius 3 is 2.53 bits per heavy atom. The molecule has 17 heavy (non-hydrogen) atoms. The molecule has 0 saturated heterocycles. The number of rotatable bonds is 3. The van der Waals surface area contributed by atoms with Gasteiger partial charge in [-0.3, -0.25) is 0 Å². The molecule has 0 fully saturated rings. The molecule has 2 rings (SSSR count). The molecule has 0 saturated carbocycles. The van der Waals surface area contributed by atoms with E-state index < -0.39 is 11.6 Å². The van der Waals surface area contributed by atoms with Crippen LogP contribution in [-0.2, 0) is 0 Å². The average molecular weight is 302 g/mol. The van der Waals surface area contributed by atoms with Crippen LogP contribution in [0.4, 0.5) is 8.78 Å². The van der Waals surface area contributed by atoms with Crippen LogP contribution in [0, 0.1) is 11.6 Å². The van der Waals surface area contributed by atoms with Crippen LogP contribution < -0.4 is 5.32 Å². The summed E-state index contributed by atoms with van der Waals surface area (Å²) in [5.41, 5.74) is 0.599. The summed E-state index contributed by atoms with van der Waals surface area (Å²) in [6.45, 7) is 0. The number of hydrogen-bond donors (Lipinski definition) is 1. The first kappa shape index (κ1) is 12.3. The Kier molecular flexibility index (Phi) is 3.59. The van der Waals surface area contributed by atoms with Gasteiger partial charge in [0.05, 0.1) is 16.8 Å². The van der Waals surface area contributed by atoms with Gasteiger partial charge in [-0.25, -0.2) is 8.78 Å². The zero-order valence-electron chi connectivity index (χ0n) is 9.01. The Morgan fingerprint density at radius 1 is 1.24 bits per heavy atom. The van der Waals surface area contributed by atoms with Gasteiger partial charge in [-0.1, -0.05) is 6.07 Å². The summed E-state index contributed by atoms with van der Waals surface area (Å²) in [5.74, 6) is -1.11. The molecule has 0 aliphatic rings. The minimum atomic E-state index is -0.870. The second-order valence-corrected chi connectivity index (χ2v) is 4.38. The van der Waals surface area contributed by atoms with Crippen molar-refractivity contribution in [2.45, 2.75) is 6.04 Å². The molecule has 2 aromatic rings. The number of halogens is 3. The third kappa shape index (κ3) is 2.40. The quantitative estimate of drug-likeness (QED) is 0.936. The lowest BCUT2D eigenvalue weighted by atomic mass is 10.0. The molecule has 90 valence electrons. The summed E-state index contributed by atoms with van der Waals surface area (Å²) < 4.78 is 32.1. The van der Waals surface area contributed by atoms with E-state index in [1.807, 2.05) is 0 Å². The first-order valence-electron chi connectivity index (χ1n) is 4.98. The first-order chi connectivity index (χ1) is 8.13. The number of nitrogens with one attached hydrogen (secondary N) is 1. The largest absolute Gasteiger partial charge is 0.466 e. The SMILES string of the molecule is CNC(c1ccc(F)c(F)c1)c1occc1Br. The lowest BCUT2D eigenvalue weighted by Crippen LogP contribution is -2.17. The highest BCUT2D eigenvalue weighted by atomic mass is 79.9. The average Bonchev–Trinajstić information content (AvgIpc) is 2.71. The zero-order valence-corrected chi connectivity index (χ0v) is 10.6. The topological polar surface area (TPSA) is 25.2 Å². The smallest absolute Gasteiger partial charge is 0.159 e. The van der Waals surface area contributed by atoms with E-state index in [2.05, 4.69) is 21.2 Å². The molecule has 0 aliphatic heterocycles.